The molecular formula is C14H21FN2S. The van der Waals surface area contributed by atoms with E-state index in [-0.39, 0.29) is 10.8 Å². The molecule has 0 unspecified atom stereocenters. The number of halogens is 1. The second-order valence-corrected chi connectivity index (χ2v) is 5.31. The minimum atomic E-state index is -0.317. The molecule has 100 valence electrons. The molecule has 0 saturated heterocycles. The van der Waals surface area contributed by atoms with Crippen molar-refractivity contribution in [3.8, 4) is 0 Å². The number of unbranched alkanes of at least 4 members (excludes halogenated alkanes) is 1. The molecule has 0 atom stereocenters. The maximum Gasteiger partial charge on any atom is 0.124 e. The van der Waals surface area contributed by atoms with Crippen molar-refractivity contribution in [1.29, 1.82) is 0 Å². The van der Waals surface area contributed by atoms with Gasteiger partial charge in [0.05, 0.1) is 0 Å². The van der Waals surface area contributed by atoms with Gasteiger partial charge in [0.2, 0.25) is 0 Å². The third kappa shape index (κ3) is 5.00. The Hall–Kier alpha value is -1.16. The number of hydrogen-bond donors (Lipinski definition) is 2. The molecule has 1 rings (SSSR count). The van der Waals surface area contributed by atoms with Gasteiger partial charge in [-0.15, -0.1) is 0 Å². The molecule has 0 fully saturated rings. The highest BCUT2D eigenvalue weighted by Crippen LogP contribution is 2.17. The molecule has 0 heterocycles. The number of rotatable bonds is 7. The fourth-order valence-corrected chi connectivity index (χ4v) is 1.94. The van der Waals surface area contributed by atoms with E-state index in [1.807, 2.05) is 0 Å². The van der Waals surface area contributed by atoms with Crippen LogP contribution >= 0.6 is 12.2 Å². The lowest BCUT2D eigenvalue weighted by Crippen LogP contribution is -2.14. The second kappa shape index (κ2) is 7.31. The predicted octanol–water partition coefficient (Wildman–Crippen LogP) is 3.70. The molecule has 0 radical (unpaired) electrons. The van der Waals surface area contributed by atoms with Gasteiger partial charge in [-0.25, -0.2) is 4.39 Å². The van der Waals surface area contributed by atoms with E-state index in [0.29, 0.717) is 5.56 Å². The van der Waals surface area contributed by atoms with Gasteiger partial charge in [-0.3, -0.25) is 0 Å². The third-order valence-electron chi connectivity index (χ3n) is 2.77. The van der Waals surface area contributed by atoms with Crippen molar-refractivity contribution in [1.82, 2.24) is 0 Å². The molecular weight excluding hydrogens is 247 g/mol. The maximum absolute atomic E-state index is 13.1. The van der Waals surface area contributed by atoms with Crippen LogP contribution in [0.25, 0.3) is 0 Å². The first-order chi connectivity index (χ1) is 8.50. The Morgan fingerprint density at radius 3 is 2.72 bits per heavy atom. The molecule has 0 aliphatic rings. The largest absolute Gasteiger partial charge is 0.389 e. The van der Waals surface area contributed by atoms with Crippen molar-refractivity contribution in [3.63, 3.8) is 0 Å². The number of nitrogens with one attached hydrogen (secondary N) is 1. The van der Waals surface area contributed by atoms with Crippen LogP contribution in [-0.2, 0) is 0 Å². The Balaban J connectivity index is 2.49. The Bertz CT molecular complexity index is 405. The summed E-state index contributed by atoms with van der Waals surface area (Å²) in [4.78, 5) is 0.221. The molecule has 0 aromatic heterocycles. The topological polar surface area (TPSA) is 38.0 Å². The van der Waals surface area contributed by atoms with E-state index < -0.39 is 0 Å². The van der Waals surface area contributed by atoms with Crippen LogP contribution in [0.3, 0.4) is 0 Å². The van der Waals surface area contributed by atoms with Crippen LogP contribution in [0.1, 0.15) is 38.7 Å². The summed E-state index contributed by atoms with van der Waals surface area (Å²) in [5.41, 5.74) is 6.97. The molecule has 1 aromatic rings. The van der Waals surface area contributed by atoms with Crippen LogP contribution in [0.2, 0.25) is 0 Å². The summed E-state index contributed by atoms with van der Waals surface area (Å²) in [6, 6.07) is 4.48. The lowest BCUT2D eigenvalue weighted by molar-refractivity contribution is 0.545. The fraction of sp³-hybridized carbons (Fsp3) is 0.500. The number of thiocarbonyl (C=S) groups is 1. The molecule has 0 aliphatic carbocycles. The van der Waals surface area contributed by atoms with Crippen LogP contribution in [0, 0.1) is 11.7 Å². The first-order valence-corrected chi connectivity index (χ1v) is 6.74. The summed E-state index contributed by atoms with van der Waals surface area (Å²) in [5.74, 6) is 0.422. The molecule has 0 amide bonds. The van der Waals surface area contributed by atoms with Gasteiger partial charge in [0.1, 0.15) is 10.8 Å². The molecule has 2 nitrogen and oxygen atoms in total. The molecule has 0 saturated carbocycles. The second-order valence-electron chi connectivity index (χ2n) is 4.87. The van der Waals surface area contributed by atoms with E-state index in [2.05, 4.69) is 19.2 Å². The Morgan fingerprint density at radius 2 is 2.11 bits per heavy atom. The lowest BCUT2D eigenvalue weighted by Gasteiger charge is -2.11. The van der Waals surface area contributed by atoms with Crippen LogP contribution in [0.5, 0.6) is 0 Å². The van der Waals surface area contributed by atoms with Crippen molar-refractivity contribution < 1.29 is 4.39 Å². The van der Waals surface area contributed by atoms with Gasteiger partial charge < -0.3 is 11.1 Å². The van der Waals surface area contributed by atoms with Crippen molar-refractivity contribution >= 4 is 22.9 Å². The average molecular weight is 268 g/mol. The number of hydrogen-bond acceptors (Lipinski definition) is 2. The summed E-state index contributed by atoms with van der Waals surface area (Å²) >= 11 is 4.92. The molecule has 4 heteroatoms. The number of anilines is 1. The van der Waals surface area contributed by atoms with E-state index in [1.165, 1.54) is 25.0 Å². The number of nitrogens with two attached hydrogens (primary N) is 1. The highest BCUT2D eigenvalue weighted by molar-refractivity contribution is 7.80. The SMILES string of the molecule is CC(C)CCCCNc1ccc(F)cc1C(N)=S. The minimum absolute atomic E-state index is 0.221. The average Bonchev–Trinajstić information content (AvgIpc) is 2.29. The van der Waals surface area contributed by atoms with Crippen LogP contribution < -0.4 is 11.1 Å². The van der Waals surface area contributed by atoms with Crippen molar-refractivity contribution in [2.24, 2.45) is 11.7 Å². The van der Waals surface area contributed by atoms with Crippen LogP contribution in [-0.4, -0.2) is 11.5 Å². The van der Waals surface area contributed by atoms with E-state index >= 15 is 0 Å². The van der Waals surface area contributed by atoms with Gasteiger partial charge in [-0.05, 0) is 30.5 Å². The zero-order valence-corrected chi connectivity index (χ0v) is 11.8. The molecule has 18 heavy (non-hydrogen) atoms. The van der Waals surface area contributed by atoms with Gasteiger partial charge >= 0.3 is 0 Å². The van der Waals surface area contributed by atoms with Crippen LogP contribution in [0.15, 0.2) is 18.2 Å². The number of benzene rings is 1. The van der Waals surface area contributed by atoms with E-state index in [0.717, 1.165) is 24.6 Å². The smallest absolute Gasteiger partial charge is 0.124 e. The quantitative estimate of drug-likeness (QED) is 0.585. The molecule has 0 aliphatic heterocycles. The van der Waals surface area contributed by atoms with Gasteiger partial charge in [0.15, 0.2) is 0 Å². The maximum atomic E-state index is 13.1. The highest BCUT2D eigenvalue weighted by atomic mass is 32.1. The first kappa shape index (κ1) is 14.9. The summed E-state index contributed by atoms with van der Waals surface area (Å²) < 4.78 is 13.1. The lowest BCUT2D eigenvalue weighted by atomic mass is 10.1. The van der Waals surface area contributed by atoms with Crippen molar-refractivity contribution in [2.75, 3.05) is 11.9 Å². The molecule has 0 bridgehead atoms. The van der Waals surface area contributed by atoms with Gasteiger partial charge in [0.25, 0.3) is 0 Å². The van der Waals surface area contributed by atoms with E-state index in [1.54, 1.807) is 6.07 Å². The van der Waals surface area contributed by atoms with Crippen LogP contribution in [0.4, 0.5) is 10.1 Å². The third-order valence-corrected chi connectivity index (χ3v) is 2.99. The normalized spacial score (nSPS) is 10.7. The van der Waals surface area contributed by atoms with E-state index in [9.17, 15) is 4.39 Å². The Morgan fingerprint density at radius 1 is 1.39 bits per heavy atom. The summed E-state index contributed by atoms with van der Waals surface area (Å²) in [6.45, 7) is 5.30. The summed E-state index contributed by atoms with van der Waals surface area (Å²) in [5, 5.41) is 3.26. The van der Waals surface area contributed by atoms with Gasteiger partial charge in [-0.1, -0.05) is 38.9 Å². The minimum Gasteiger partial charge on any atom is -0.389 e. The standard InChI is InChI=1S/C14H21FN2S/c1-10(2)5-3-4-8-17-13-7-6-11(15)9-12(13)14(16)18/h6-7,9-10,17H,3-5,8H2,1-2H3,(H2,16,18). The van der Waals surface area contributed by atoms with Gasteiger partial charge in [0, 0.05) is 17.8 Å². The monoisotopic (exact) mass is 268 g/mol. The fourth-order valence-electron chi connectivity index (χ4n) is 1.78. The van der Waals surface area contributed by atoms with Crippen molar-refractivity contribution in [3.05, 3.63) is 29.6 Å². The predicted molar refractivity (Wildman–Crippen MR) is 79.5 cm³/mol. The molecule has 1 aromatic carbocycles. The molecule has 0 spiro atoms. The Labute approximate surface area is 114 Å². The highest BCUT2D eigenvalue weighted by Gasteiger charge is 2.06. The zero-order valence-electron chi connectivity index (χ0n) is 11.0. The molecule has 3 N–H and O–H groups in total. The first-order valence-electron chi connectivity index (χ1n) is 6.34. The van der Waals surface area contributed by atoms with E-state index in [4.69, 9.17) is 18.0 Å². The summed E-state index contributed by atoms with van der Waals surface area (Å²) in [7, 11) is 0. The van der Waals surface area contributed by atoms with Crippen molar-refractivity contribution in [2.45, 2.75) is 33.1 Å². The zero-order chi connectivity index (χ0) is 13.5. The summed E-state index contributed by atoms with van der Waals surface area (Å²) in [6.07, 6.45) is 3.51. The Kier molecular flexibility index (Phi) is 6.05. The van der Waals surface area contributed by atoms with Gasteiger partial charge in [-0.2, -0.15) is 0 Å².